The Bertz CT molecular complexity index is 1110. The molecule has 1 atom stereocenters. The minimum absolute atomic E-state index is 0.0806. The normalized spacial score (nSPS) is 15.8. The molecular formula is C19H18F3N5O2. The predicted octanol–water partition coefficient (Wildman–Crippen LogP) is 2.78. The monoisotopic (exact) mass is 405 g/mol. The highest BCUT2D eigenvalue weighted by Crippen LogP contribution is 2.30. The molecule has 0 bridgehead atoms. The third-order valence-electron chi connectivity index (χ3n) is 5.05. The molecule has 29 heavy (non-hydrogen) atoms. The lowest BCUT2D eigenvalue weighted by Crippen LogP contribution is -2.40. The van der Waals surface area contributed by atoms with E-state index in [2.05, 4.69) is 10.1 Å². The van der Waals surface area contributed by atoms with E-state index in [1.165, 1.54) is 22.7 Å². The summed E-state index contributed by atoms with van der Waals surface area (Å²) in [5.74, 6) is -1.93. The van der Waals surface area contributed by atoms with Crippen LogP contribution in [0.3, 0.4) is 0 Å². The molecule has 0 aliphatic carbocycles. The number of hydrogen-bond acceptors (Lipinski definition) is 4. The summed E-state index contributed by atoms with van der Waals surface area (Å²) < 4.78 is 43.1. The van der Waals surface area contributed by atoms with Crippen LogP contribution in [0, 0.1) is 0 Å². The highest BCUT2D eigenvalue weighted by molar-refractivity contribution is 5.81. The van der Waals surface area contributed by atoms with Crippen molar-refractivity contribution in [3.8, 4) is 5.69 Å². The van der Waals surface area contributed by atoms with Gasteiger partial charge in [-0.2, -0.15) is 18.3 Å². The van der Waals surface area contributed by atoms with Crippen LogP contribution in [-0.4, -0.2) is 43.2 Å². The molecule has 1 aliphatic heterocycles. The van der Waals surface area contributed by atoms with E-state index in [4.69, 9.17) is 0 Å². The van der Waals surface area contributed by atoms with Crippen LogP contribution in [0.2, 0.25) is 0 Å². The Kier molecular flexibility index (Phi) is 4.64. The van der Waals surface area contributed by atoms with Gasteiger partial charge < -0.3 is 4.90 Å². The maximum Gasteiger partial charge on any atom is 0.449 e. The van der Waals surface area contributed by atoms with Crippen LogP contribution in [-0.2, 0) is 11.0 Å². The smallest absolute Gasteiger partial charge is 0.341 e. The summed E-state index contributed by atoms with van der Waals surface area (Å²) >= 11 is 0. The first-order valence-corrected chi connectivity index (χ1v) is 9.20. The molecule has 7 nitrogen and oxygen atoms in total. The van der Waals surface area contributed by atoms with Gasteiger partial charge in [-0.3, -0.25) is 14.2 Å². The van der Waals surface area contributed by atoms with Crippen LogP contribution >= 0.6 is 0 Å². The molecule has 10 heteroatoms. The molecule has 2 aromatic heterocycles. The summed E-state index contributed by atoms with van der Waals surface area (Å²) in [6.45, 7) is 2.24. The third-order valence-corrected chi connectivity index (χ3v) is 5.05. The van der Waals surface area contributed by atoms with Gasteiger partial charge in [-0.15, -0.1) is 0 Å². The Morgan fingerprint density at radius 3 is 2.41 bits per heavy atom. The van der Waals surface area contributed by atoms with Gasteiger partial charge in [0.1, 0.15) is 11.4 Å². The maximum atomic E-state index is 13.8. The Labute approximate surface area is 163 Å². The van der Waals surface area contributed by atoms with Gasteiger partial charge in [0.25, 0.3) is 5.56 Å². The van der Waals surface area contributed by atoms with E-state index >= 15 is 0 Å². The predicted molar refractivity (Wildman–Crippen MR) is 98.7 cm³/mol. The Balaban J connectivity index is 1.92. The Hall–Kier alpha value is -3.17. The summed E-state index contributed by atoms with van der Waals surface area (Å²) in [7, 11) is 0. The van der Waals surface area contributed by atoms with Gasteiger partial charge in [-0.25, -0.2) is 9.67 Å². The quantitative estimate of drug-likeness (QED) is 0.672. The molecule has 1 unspecified atom stereocenters. The third kappa shape index (κ3) is 3.28. The van der Waals surface area contributed by atoms with Crippen molar-refractivity contribution in [1.82, 2.24) is 24.2 Å². The van der Waals surface area contributed by atoms with Crippen molar-refractivity contribution in [3.05, 3.63) is 52.7 Å². The molecule has 4 rings (SSSR count). The number of nitrogens with zero attached hydrogens (tertiary/aromatic N) is 5. The molecule has 0 N–H and O–H groups in total. The van der Waals surface area contributed by atoms with Crippen molar-refractivity contribution in [2.75, 3.05) is 13.1 Å². The zero-order chi connectivity index (χ0) is 20.8. The fraction of sp³-hybridized carbons (Fsp3) is 0.368. The lowest BCUT2D eigenvalue weighted by atomic mass is 10.2. The number of aromatic nitrogens is 4. The van der Waals surface area contributed by atoms with E-state index in [1.54, 1.807) is 30.3 Å². The van der Waals surface area contributed by atoms with Crippen molar-refractivity contribution in [2.24, 2.45) is 0 Å². The second kappa shape index (κ2) is 7.02. The lowest BCUT2D eigenvalue weighted by molar-refractivity contribution is -0.150. The topological polar surface area (TPSA) is 73.0 Å². The first-order chi connectivity index (χ1) is 13.8. The minimum atomic E-state index is -4.92. The zero-order valence-corrected chi connectivity index (χ0v) is 15.6. The molecule has 3 aromatic rings. The summed E-state index contributed by atoms with van der Waals surface area (Å²) in [4.78, 5) is 30.9. The molecule has 152 valence electrons. The van der Waals surface area contributed by atoms with Gasteiger partial charge in [0.15, 0.2) is 5.65 Å². The largest absolute Gasteiger partial charge is 0.449 e. The molecule has 1 aliphatic rings. The summed E-state index contributed by atoms with van der Waals surface area (Å²) in [5.41, 5.74) is -0.670. The number of alkyl halides is 3. The van der Waals surface area contributed by atoms with E-state index < -0.39 is 29.5 Å². The Morgan fingerprint density at radius 1 is 1.14 bits per heavy atom. The molecule has 1 saturated heterocycles. The van der Waals surface area contributed by atoms with E-state index in [0.29, 0.717) is 23.3 Å². The van der Waals surface area contributed by atoms with Crippen LogP contribution in [0.1, 0.15) is 31.6 Å². The second-order valence-electron chi connectivity index (χ2n) is 6.95. The average molecular weight is 405 g/mol. The van der Waals surface area contributed by atoms with E-state index in [1.807, 2.05) is 0 Å². The van der Waals surface area contributed by atoms with Gasteiger partial charge in [0.05, 0.1) is 11.9 Å². The van der Waals surface area contributed by atoms with Crippen molar-refractivity contribution in [3.63, 3.8) is 0 Å². The summed E-state index contributed by atoms with van der Waals surface area (Å²) in [6.07, 6.45) is -2.15. The van der Waals surface area contributed by atoms with Gasteiger partial charge in [-0.1, -0.05) is 18.2 Å². The SMILES string of the molecule is CC(C(=O)N1CCCC1)n1c(C(F)(F)F)nc2c(cnn2-c2ccccc2)c1=O. The minimum Gasteiger partial charge on any atom is -0.341 e. The molecule has 0 spiro atoms. The van der Waals surface area contributed by atoms with Crippen molar-refractivity contribution in [1.29, 1.82) is 0 Å². The molecule has 1 amide bonds. The Morgan fingerprint density at radius 2 is 1.79 bits per heavy atom. The maximum absolute atomic E-state index is 13.8. The number of rotatable bonds is 3. The number of para-hydroxylation sites is 1. The fourth-order valence-electron chi connectivity index (χ4n) is 3.61. The first kappa shape index (κ1) is 19.2. The van der Waals surface area contributed by atoms with Crippen LogP contribution in [0.5, 0.6) is 0 Å². The number of halogens is 3. The molecular weight excluding hydrogens is 387 g/mol. The zero-order valence-electron chi connectivity index (χ0n) is 15.6. The second-order valence-corrected chi connectivity index (χ2v) is 6.95. The first-order valence-electron chi connectivity index (χ1n) is 9.20. The van der Waals surface area contributed by atoms with Crippen molar-refractivity contribution < 1.29 is 18.0 Å². The number of likely N-dealkylation sites (tertiary alicyclic amines) is 1. The molecule has 0 radical (unpaired) electrons. The van der Waals surface area contributed by atoms with Gasteiger partial charge in [0.2, 0.25) is 11.7 Å². The summed E-state index contributed by atoms with van der Waals surface area (Å²) in [6, 6.07) is 7.12. The number of amides is 1. The molecule has 1 fully saturated rings. The highest BCUT2D eigenvalue weighted by atomic mass is 19.4. The van der Waals surface area contributed by atoms with E-state index in [9.17, 15) is 22.8 Å². The van der Waals surface area contributed by atoms with Crippen molar-refractivity contribution in [2.45, 2.75) is 32.0 Å². The highest BCUT2D eigenvalue weighted by Gasteiger charge is 2.41. The lowest BCUT2D eigenvalue weighted by Gasteiger charge is -2.24. The van der Waals surface area contributed by atoms with Crippen LogP contribution in [0.4, 0.5) is 13.2 Å². The number of fused-ring (bicyclic) bond motifs is 1. The number of carbonyl (C=O) groups excluding carboxylic acids is 1. The van der Waals surface area contributed by atoms with Crippen LogP contribution in [0.15, 0.2) is 41.3 Å². The van der Waals surface area contributed by atoms with Crippen molar-refractivity contribution >= 4 is 16.9 Å². The van der Waals surface area contributed by atoms with E-state index in [0.717, 1.165) is 12.8 Å². The van der Waals surface area contributed by atoms with Gasteiger partial charge >= 0.3 is 6.18 Å². The van der Waals surface area contributed by atoms with Gasteiger partial charge in [0, 0.05) is 13.1 Å². The number of benzene rings is 1. The molecule has 1 aromatic carbocycles. The summed E-state index contributed by atoms with van der Waals surface area (Å²) in [5, 5.41) is 3.97. The number of carbonyl (C=O) groups is 1. The van der Waals surface area contributed by atoms with Crippen LogP contribution in [0.25, 0.3) is 16.7 Å². The number of hydrogen-bond donors (Lipinski definition) is 0. The van der Waals surface area contributed by atoms with E-state index in [-0.39, 0.29) is 11.0 Å². The fourth-order valence-corrected chi connectivity index (χ4v) is 3.61. The molecule has 3 heterocycles. The average Bonchev–Trinajstić information content (AvgIpc) is 3.37. The molecule has 0 saturated carbocycles. The van der Waals surface area contributed by atoms with Gasteiger partial charge in [-0.05, 0) is 31.9 Å². The van der Waals surface area contributed by atoms with Crippen LogP contribution < -0.4 is 5.56 Å². The standard InChI is InChI=1S/C19H18F3N5O2/c1-12(16(28)25-9-5-6-10-25)26-17(29)14-11-23-27(13-7-3-2-4-8-13)15(14)24-18(26)19(20,21)22/h2-4,7-8,11-12H,5-6,9-10H2,1H3.